The van der Waals surface area contributed by atoms with Gasteiger partial charge in [0.25, 0.3) is 0 Å². The van der Waals surface area contributed by atoms with E-state index >= 15 is 0 Å². The maximum absolute atomic E-state index is 12.8. The van der Waals surface area contributed by atoms with E-state index in [2.05, 4.69) is 15.2 Å². The molecular weight excluding hydrogens is 508 g/mol. The maximum atomic E-state index is 12.8. The van der Waals surface area contributed by atoms with Gasteiger partial charge >= 0.3 is 11.7 Å². The molecule has 3 aliphatic rings. The number of nitrogens with one attached hydrogen (secondary N) is 1. The summed E-state index contributed by atoms with van der Waals surface area (Å²) in [7, 11) is 0. The van der Waals surface area contributed by atoms with Gasteiger partial charge in [-0.25, -0.2) is 9.59 Å². The van der Waals surface area contributed by atoms with Crippen LogP contribution in [0.25, 0.3) is 5.69 Å². The largest absolute Gasteiger partial charge is 0.354 e. The fourth-order valence-corrected chi connectivity index (χ4v) is 5.48. The van der Waals surface area contributed by atoms with Gasteiger partial charge in [0.05, 0.1) is 11.2 Å². The van der Waals surface area contributed by atoms with E-state index in [1.165, 1.54) is 10.1 Å². The molecule has 3 fully saturated rings. The molecular formula is C26H37ClN8O3. The molecule has 5 N–H and O–H groups in total. The van der Waals surface area contributed by atoms with E-state index in [4.69, 9.17) is 11.5 Å². The Morgan fingerprint density at radius 2 is 1.74 bits per heavy atom. The zero-order valence-electron chi connectivity index (χ0n) is 22.0. The maximum Gasteiger partial charge on any atom is 0.354 e. The summed E-state index contributed by atoms with van der Waals surface area (Å²) in [4.78, 5) is 47.8. The highest BCUT2D eigenvalue weighted by Crippen LogP contribution is 2.44. The molecule has 38 heavy (non-hydrogen) atoms. The molecule has 1 saturated carbocycles. The number of hydrogen-bond acceptors (Lipinski definition) is 7. The molecule has 0 radical (unpaired) electrons. The van der Waals surface area contributed by atoms with Gasteiger partial charge < -0.3 is 21.3 Å². The molecule has 2 aromatic rings. The van der Waals surface area contributed by atoms with E-state index < -0.39 is 11.2 Å². The lowest BCUT2D eigenvalue weighted by Crippen LogP contribution is -2.61. The predicted octanol–water partition coefficient (Wildman–Crippen LogP) is 0.845. The lowest BCUT2D eigenvalue weighted by atomic mass is 10.0. The minimum atomic E-state index is -0.963. The number of piperidine rings is 1. The zero-order chi connectivity index (χ0) is 26.5. The molecule has 3 heterocycles. The van der Waals surface area contributed by atoms with E-state index in [1.807, 2.05) is 31.2 Å². The fraction of sp³-hybridized carbons (Fsp3) is 0.538. The number of nitrogens with zero attached hydrogens (tertiary/aromatic N) is 5. The number of carbonyl (C=O) groups is 2. The van der Waals surface area contributed by atoms with Crippen molar-refractivity contribution in [3.05, 3.63) is 52.6 Å². The summed E-state index contributed by atoms with van der Waals surface area (Å²) in [5, 5.41) is 2.71. The van der Waals surface area contributed by atoms with Crippen LogP contribution >= 0.6 is 12.4 Å². The quantitative estimate of drug-likeness (QED) is 0.506. The molecule has 2 unspecified atom stereocenters. The minimum absolute atomic E-state index is 0. The van der Waals surface area contributed by atoms with E-state index in [1.54, 1.807) is 35.9 Å². The number of hydrogen-bond donors (Lipinski definition) is 3. The van der Waals surface area contributed by atoms with Crippen molar-refractivity contribution in [2.24, 2.45) is 23.3 Å². The molecule has 0 spiro atoms. The smallest absolute Gasteiger partial charge is 0.335 e. The van der Waals surface area contributed by atoms with Gasteiger partial charge in [-0.1, -0.05) is 12.1 Å². The standard InChI is InChI=1S/C26H36N8O3.ClH/c1-16-12-32(10-11-33(16)23(35)26(2,3)28)24(36)29-21-8-9-34(25(37)30-21)18-6-4-17(5-7-18)13-31-14-19-20(15-31)22(19)27;/h4-9,16,19-20,22H,10-15,27-28H2,1-3H3,(H,29,30,36,37);1H/t16-,19?,20?,22?;/m1./s1. The normalized spacial score (nSPS) is 25.0. The van der Waals surface area contributed by atoms with Gasteiger partial charge in [-0.15, -0.1) is 12.4 Å². The Labute approximate surface area is 228 Å². The SMILES string of the molecule is C[C@@H]1CN(C(=O)Nc2ccn(-c3ccc(CN4CC5C(N)C5C4)cc3)c(=O)n2)CCN1C(=O)C(C)(C)N.Cl. The van der Waals surface area contributed by atoms with E-state index in [9.17, 15) is 14.4 Å². The monoisotopic (exact) mass is 544 g/mol. The first-order valence-corrected chi connectivity index (χ1v) is 12.8. The second-order valence-electron chi connectivity index (χ2n) is 11.2. The summed E-state index contributed by atoms with van der Waals surface area (Å²) in [6.45, 7) is 9.36. The number of aromatic nitrogens is 2. The second kappa shape index (κ2) is 10.6. The van der Waals surface area contributed by atoms with Crippen molar-refractivity contribution in [2.45, 2.75) is 44.9 Å². The van der Waals surface area contributed by atoms with Crippen LogP contribution in [0.1, 0.15) is 26.3 Å². The van der Waals surface area contributed by atoms with Gasteiger partial charge in [0.15, 0.2) is 0 Å². The summed E-state index contributed by atoms with van der Waals surface area (Å²) in [6, 6.07) is 9.32. The Morgan fingerprint density at radius 1 is 1.08 bits per heavy atom. The number of carbonyl (C=O) groups excluding carboxylic acids is 2. The van der Waals surface area contributed by atoms with Crippen LogP contribution in [0.3, 0.4) is 0 Å². The predicted molar refractivity (Wildman–Crippen MR) is 147 cm³/mol. The summed E-state index contributed by atoms with van der Waals surface area (Å²) in [5.74, 6) is 1.35. The molecule has 1 aliphatic carbocycles. The highest BCUT2D eigenvalue weighted by Gasteiger charge is 2.53. The first-order chi connectivity index (χ1) is 17.5. The number of fused-ring (bicyclic) bond motifs is 1. The summed E-state index contributed by atoms with van der Waals surface area (Å²) < 4.78 is 1.45. The highest BCUT2D eigenvalue weighted by molar-refractivity contribution is 5.89. The minimum Gasteiger partial charge on any atom is -0.335 e. The number of rotatable bonds is 5. The van der Waals surface area contributed by atoms with Gasteiger partial charge in [-0.3, -0.25) is 19.6 Å². The molecule has 0 bridgehead atoms. The van der Waals surface area contributed by atoms with Gasteiger partial charge in [0.2, 0.25) is 5.91 Å². The van der Waals surface area contributed by atoms with Crippen molar-refractivity contribution >= 4 is 30.2 Å². The topological polar surface area (TPSA) is 143 Å². The molecule has 206 valence electrons. The summed E-state index contributed by atoms with van der Waals surface area (Å²) in [5.41, 5.74) is 12.4. The van der Waals surface area contributed by atoms with Crippen molar-refractivity contribution in [1.29, 1.82) is 0 Å². The molecule has 1 aromatic carbocycles. The van der Waals surface area contributed by atoms with Gasteiger partial charge in [0, 0.05) is 57.5 Å². The first kappa shape index (κ1) is 28.0. The molecule has 2 saturated heterocycles. The Kier molecular flexibility index (Phi) is 7.85. The van der Waals surface area contributed by atoms with Crippen LogP contribution in [0.15, 0.2) is 41.3 Å². The number of benzene rings is 1. The van der Waals surface area contributed by atoms with E-state index in [0.29, 0.717) is 43.2 Å². The molecule has 12 heteroatoms. The third-order valence-electron chi connectivity index (χ3n) is 7.72. The van der Waals surface area contributed by atoms with Crippen LogP contribution < -0.4 is 22.5 Å². The number of urea groups is 1. The summed E-state index contributed by atoms with van der Waals surface area (Å²) >= 11 is 0. The second-order valence-corrected chi connectivity index (χ2v) is 11.2. The Morgan fingerprint density at radius 3 is 2.32 bits per heavy atom. The molecule has 1 aromatic heterocycles. The Bertz CT molecular complexity index is 1230. The van der Waals surface area contributed by atoms with Crippen molar-refractivity contribution in [1.82, 2.24) is 24.3 Å². The van der Waals surface area contributed by atoms with Crippen molar-refractivity contribution in [2.75, 3.05) is 38.0 Å². The number of nitrogens with two attached hydrogens (primary N) is 2. The van der Waals surface area contributed by atoms with Crippen molar-refractivity contribution < 1.29 is 9.59 Å². The molecule has 2 aliphatic heterocycles. The number of halogens is 1. The van der Waals surface area contributed by atoms with Crippen LogP contribution in [0, 0.1) is 11.8 Å². The molecule has 3 atom stereocenters. The van der Waals surface area contributed by atoms with Crippen LogP contribution in [-0.4, -0.2) is 86.5 Å². The van der Waals surface area contributed by atoms with E-state index in [0.717, 1.165) is 19.6 Å². The number of amides is 3. The average molecular weight is 545 g/mol. The number of piperazine rings is 1. The summed E-state index contributed by atoms with van der Waals surface area (Å²) in [6.07, 6.45) is 1.61. The highest BCUT2D eigenvalue weighted by atomic mass is 35.5. The lowest BCUT2D eigenvalue weighted by molar-refractivity contribution is -0.139. The van der Waals surface area contributed by atoms with Crippen LogP contribution in [0.2, 0.25) is 0 Å². The van der Waals surface area contributed by atoms with Gasteiger partial charge in [-0.05, 0) is 56.4 Å². The fourth-order valence-electron chi connectivity index (χ4n) is 5.48. The zero-order valence-corrected chi connectivity index (χ0v) is 22.9. The molecule has 5 rings (SSSR count). The van der Waals surface area contributed by atoms with Crippen molar-refractivity contribution in [3.8, 4) is 5.69 Å². The van der Waals surface area contributed by atoms with Gasteiger partial charge in [-0.2, -0.15) is 4.98 Å². The van der Waals surface area contributed by atoms with Crippen molar-refractivity contribution in [3.63, 3.8) is 0 Å². The van der Waals surface area contributed by atoms with Crippen LogP contribution in [0.4, 0.5) is 10.6 Å². The Hall–Kier alpha value is -2.99. The Balaban J connectivity index is 0.00000336. The van der Waals surface area contributed by atoms with Gasteiger partial charge in [0.1, 0.15) is 5.82 Å². The molecule has 11 nitrogen and oxygen atoms in total. The lowest BCUT2D eigenvalue weighted by Gasteiger charge is -2.42. The van der Waals surface area contributed by atoms with Crippen LogP contribution in [-0.2, 0) is 11.3 Å². The van der Waals surface area contributed by atoms with E-state index in [-0.39, 0.29) is 36.2 Å². The number of anilines is 1. The van der Waals surface area contributed by atoms with Crippen LogP contribution in [0.5, 0.6) is 0 Å². The third-order valence-corrected chi connectivity index (χ3v) is 7.72. The first-order valence-electron chi connectivity index (χ1n) is 12.8. The number of likely N-dealkylation sites (tertiary alicyclic amines) is 1. The molecule has 3 amide bonds. The third kappa shape index (κ3) is 5.70. The average Bonchev–Trinajstić information content (AvgIpc) is 3.23.